The predicted octanol–water partition coefficient (Wildman–Crippen LogP) is -0.221. The number of amides is 1. The summed E-state index contributed by atoms with van der Waals surface area (Å²) in [5, 5.41) is 8.58. The van der Waals surface area contributed by atoms with Crippen LogP contribution in [0, 0.1) is 17.2 Å². The fourth-order valence-electron chi connectivity index (χ4n) is 4.07. The summed E-state index contributed by atoms with van der Waals surface area (Å²) in [5.74, 6) is 0.909. The number of nitriles is 1. The van der Waals surface area contributed by atoms with Gasteiger partial charge in [-0.15, -0.1) is 0 Å². The largest absolute Gasteiger partial charge is 0.341 e. The summed E-state index contributed by atoms with van der Waals surface area (Å²) in [6.07, 6.45) is 5.08. The molecule has 3 atom stereocenters. The number of hydrogen-bond acceptors (Lipinski definition) is 3. The molecule has 0 radical (unpaired) electrons. The summed E-state index contributed by atoms with van der Waals surface area (Å²) in [6, 6.07) is 7.63. The number of carbonyl (C=O) groups excluding carboxylic acids is 1. The normalized spacial score (nSPS) is 24.6. The van der Waals surface area contributed by atoms with Crippen LogP contribution < -0.4 is 10.5 Å². The number of likely N-dealkylation sites (tertiary alicyclic amines) is 1. The molecule has 3 rings (SSSR count). The number of rotatable bonds is 5. The average Bonchev–Trinajstić information content (AvgIpc) is 2.60. The number of aromatic nitrogens is 1. The van der Waals surface area contributed by atoms with Gasteiger partial charge in [-0.05, 0) is 18.6 Å². The number of fused-ring (bicyclic) bond motifs is 4. The van der Waals surface area contributed by atoms with E-state index in [-0.39, 0.29) is 11.5 Å². The highest BCUT2D eigenvalue weighted by Gasteiger charge is 2.36. The van der Waals surface area contributed by atoms with E-state index in [0.717, 1.165) is 38.3 Å². The molecule has 1 N–H and O–H groups in total. The Morgan fingerprint density at radius 2 is 2.32 bits per heavy atom. The van der Waals surface area contributed by atoms with Crippen molar-refractivity contribution in [3.8, 4) is 6.07 Å². The van der Waals surface area contributed by atoms with Gasteiger partial charge in [0.1, 0.15) is 0 Å². The molecule has 2 aliphatic heterocycles. The van der Waals surface area contributed by atoms with E-state index in [4.69, 9.17) is 5.26 Å². The Balaban J connectivity index is 1.58. The van der Waals surface area contributed by atoms with Crippen LogP contribution >= 0.6 is 0 Å². The Morgan fingerprint density at radius 1 is 1.48 bits per heavy atom. The van der Waals surface area contributed by atoms with Gasteiger partial charge >= 0.3 is 0 Å². The molecule has 2 bridgehead atoms. The zero-order valence-electron chi connectivity index (χ0n) is 14.6. The molecule has 1 fully saturated rings. The molecule has 6 nitrogen and oxygen atoms in total. The maximum Gasteiger partial charge on any atom is 0.250 e. The highest BCUT2D eigenvalue weighted by Crippen LogP contribution is 2.29. The fraction of sp³-hybridized carbons (Fsp3) is 0.526. The van der Waals surface area contributed by atoms with Crippen LogP contribution in [-0.2, 0) is 11.3 Å². The zero-order valence-corrected chi connectivity index (χ0v) is 14.6. The van der Waals surface area contributed by atoms with Crippen molar-refractivity contribution >= 4 is 5.91 Å². The lowest BCUT2D eigenvalue weighted by molar-refractivity contribution is -0.905. The van der Waals surface area contributed by atoms with E-state index in [1.165, 1.54) is 4.90 Å². The molecule has 6 heteroatoms. The molecule has 2 aliphatic rings. The number of piperidine rings is 1. The third-order valence-corrected chi connectivity index (χ3v) is 5.28. The van der Waals surface area contributed by atoms with E-state index in [9.17, 15) is 9.59 Å². The molecular weight excluding hydrogens is 316 g/mol. The number of pyridine rings is 1. The van der Waals surface area contributed by atoms with Crippen LogP contribution in [0.2, 0.25) is 0 Å². The first-order chi connectivity index (χ1) is 12.1. The molecule has 0 aliphatic carbocycles. The van der Waals surface area contributed by atoms with Gasteiger partial charge in [-0.3, -0.25) is 9.59 Å². The van der Waals surface area contributed by atoms with Gasteiger partial charge in [0.15, 0.2) is 0 Å². The maximum atomic E-state index is 12.0. The molecule has 1 aromatic rings. The molecule has 0 saturated carbocycles. The molecule has 3 heterocycles. The van der Waals surface area contributed by atoms with Crippen LogP contribution in [-0.4, -0.2) is 48.6 Å². The van der Waals surface area contributed by atoms with Gasteiger partial charge < -0.3 is 14.4 Å². The lowest BCUT2D eigenvalue weighted by Crippen LogP contribution is -3.14. The van der Waals surface area contributed by atoms with Gasteiger partial charge in [-0.25, -0.2) is 0 Å². The second-order valence-electron chi connectivity index (χ2n) is 7.13. The van der Waals surface area contributed by atoms with Gasteiger partial charge in [0.25, 0.3) is 5.56 Å². The SMILES string of the molecule is CN(CCC#N)C(=O)C=CC[NH+]1C[C@@H]2C[C@H](C1)c1cccc(=O)n1C2. The Labute approximate surface area is 148 Å². The van der Waals surface area contributed by atoms with Gasteiger partial charge in [-0.1, -0.05) is 6.07 Å². The summed E-state index contributed by atoms with van der Waals surface area (Å²) in [5.41, 5.74) is 1.28. The van der Waals surface area contributed by atoms with E-state index in [1.54, 1.807) is 24.1 Å². The van der Waals surface area contributed by atoms with Crippen LogP contribution in [0.4, 0.5) is 0 Å². The Bertz CT molecular complexity index is 761. The number of carbonyl (C=O) groups is 1. The molecule has 1 aromatic heterocycles. The van der Waals surface area contributed by atoms with E-state index < -0.39 is 0 Å². The Morgan fingerprint density at radius 3 is 3.12 bits per heavy atom. The predicted molar refractivity (Wildman–Crippen MR) is 94.1 cm³/mol. The first-order valence-electron chi connectivity index (χ1n) is 8.90. The summed E-state index contributed by atoms with van der Waals surface area (Å²) in [6.45, 7) is 4.14. The van der Waals surface area contributed by atoms with Crippen LogP contribution in [0.5, 0.6) is 0 Å². The molecule has 1 saturated heterocycles. The van der Waals surface area contributed by atoms with Crippen LogP contribution in [0.1, 0.15) is 24.5 Å². The number of quaternary nitrogens is 1. The number of nitrogens with zero attached hydrogens (tertiary/aromatic N) is 3. The van der Waals surface area contributed by atoms with Gasteiger partial charge in [0, 0.05) is 49.8 Å². The van der Waals surface area contributed by atoms with Gasteiger partial charge in [-0.2, -0.15) is 5.26 Å². The van der Waals surface area contributed by atoms with Crippen molar-refractivity contribution in [3.63, 3.8) is 0 Å². The van der Waals surface area contributed by atoms with Crippen molar-refractivity contribution < 1.29 is 9.69 Å². The highest BCUT2D eigenvalue weighted by molar-refractivity contribution is 5.87. The van der Waals surface area contributed by atoms with E-state index in [1.807, 2.05) is 22.8 Å². The minimum atomic E-state index is -0.0521. The van der Waals surface area contributed by atoms with Crippen molar-refractivity contribution in [2.45, 2.75) is 25.3 Å². The topological polar surface area (TPSA) is 70.5 Å². The number of nitrogens with one attached hydrogen (secondary N) is 1. The highest BCUT2D eigenvalue weighted by atomic mass is 16.2. The summed E-state index contributed by atoms with van der Waals surface area (Å²) in [4.78, 5) is 27.1. The van der Waals surface area contributed by atoms with Gasteiger partial charge in [0.05, 0.1) is 32.1 Å². The number of likely N-dealkylation sites (N-methyl/N-ethyl adjacent to an activating group) is 1. The average molecular weight is 341 g/mol. The molecule has 1 amide bonds. The monoisotopic (exact) mass is 341 g/mol. The minimum Gasteiger partial charge on any atom is -0.341 e. The zero-order chi connectivity index (χ0) is 17.8. The lowest BCUT2D eigenvalue weighted by Gasteiger charge is -2.40. The second kappa shape index (κ2) is 7.66. The smallest absolute Gasteiger partial charge is 0.250 e. The second-order valence-corrected chi connectivity index (χ2v) is 7.13. The standard InChI is InChI=1S/C19H24N4O2/c1-21(9-4-8-20)18(24)7-3-10-22-12-15-11-16(14-22)17-5-2-6-19(25)23(17)13-15/h2-3,5-7,15-16H,4,9-14H2,1H3/p+1/t15-,16+/m0/s1. The van der Waals surface area contributed by atoms with Crippen molar-refractivity contribution in [2.24, 2.45) is 5.92 Å². The van der Waals surface area contributed by atoms with Crippen LogP contribution in [0.15, 0.2) is 35.1 Å². The van der Waals surface area contributed by atoms with Crippen molar-refractivity contribution in [3.05, 3.63) is 46.4 Å². The lowest BCUT2D eigenvalue weighted by atomic mass is 9.83. The number of hydrogen-bond donors (Lipinski definition) is 1. The summed E-state index contributed by atoms with van der Waals surface area (Å²) < 4.78 is 1.94. The first kappa shape index (κ1) is 17.4. The molecule has 1 unspecified atom stereocenters. The van der Waals surface area contributed by atoms with Crippen molar-refractivity contribution in [2.75, 3.05) is 33.2 Å². The molecular formula is C19H25N4O2+. The van der Waals surface area contributed by atoms with E-state index in [0.29, 0.717) is 24.8 Å². The molecule has 132 valence electrons. The third kappa shape index (κ3) is 3.99. The van der Waals surface area contributed by atoms with Crippen LogP contribution in [0.3, 0.4) is 0 Å². The van der Waals surface area contributed by atoms with Gasteiger partial charge in [0.2, 0.25) is 5.91 Å². The first-order valence-corrected chi connectivity index (χ1v) is 8.90. The molecule has 0 spiro atoms. The van der Waals surface area contributed by atoms with Crippen molar-refractivity contribution in [1.82, 2.24) is 9.47 Å². The van der Waals surface area contributed by atoms with E-state index >= 15 is 0 Å². The van der Waals surface area contributed by atoms with Crippen LogP contribution in [0.25, 0.3) is 0 Å². The molecule has 0 aromatic carbocycles. The van der Waals surface area contributed by atoms with E-state index in [2.05, 4.69) is 6.07 Å². The molecule has 25 heavy (non-hydrogen) atoms. The Hall–Kier alpha value is -2.39. The fourth-order valence-corrected chi connectivity index (χ4v) is 4.07. The summed E-state index contributed by atoms with van der Waals surface area (Å²) >= 11 is 0. The minimum absolute atomic E-state index is 0.0521. The maximum absolute atomic E-state index is 12.0. The Kier molecular flexibility index (Phi) is 5.34. The quantitative estimate of drug-likeness (QED) is 0.753. The summed E-state index contributed by atoms with van der Waals surface area (Å²) in [7, 11) is 1.72. The third-order valence-electron chi connectivity index (χ3n) is 5.28. The van der Waals surface area contributed by atoms with Crippen molar-refractivity contribution in [1.29, 1.82) is 5.26 Å².